The van der Waals surface area contributed by atoms with Crippen molar-refractivity contribution in [2.45, 2.75) is 0 Å². The zero-order valence-electron chi connectivity index (χ0n) is 16.3. The zero-order chi connectivity index (χ0) is 21.2. The van der Waals surface area contributed by atoms with E-state index in [0.717, 1.165) is 11.3 Å². The average molecular weight is 407 g/mol. The molecule has 0 saturated carbocycles. The standard InChI is InChI=1S/C24H17N5O2/c30-23-19-20(21(24(31)25-23)27-26-17-12-6-2-7-13-17)28-29(18-14-8-3-9-15-18)22(19)16-10-4-1-5-11-16/h1-15,26H,(H,25,30,31)/b27-21+. The van der Waals surface area contributed by atoms with E-state index in [2.05, 4.69) is 20.9 Å². The van der Waals surface area contributed by atoms with Gasteiger partial charge >= 0.3 is 0 Å². The molecule has 2 amide bonds. The number of rotatable bonds is 4. The molecule has 0 radical (unpaired) electrons. The van der Waals surface area contributed by atoms with Crippen LogP contribution < -0.4 is 10.7 Å². The Hall–Kier alpha value is -4.52. The van der Waals surface area contributed by atoms with Gasteiger partial charge in [-0.3, -0.25) is 20.3 Å². The van der Waals surface area contributed by atoms with Gasteiger partial charge < -0.3 is 0 Å². The number of fused-ring (bicyclic) bond motifs is 1. The lowest BCUT2D eigenvalue weighted by Gasteiger charge is -2.14. The number of hydrazone groups is 1. The summed E-state index contributed by atoms with van der Waals surface area (Å²) < 4.78 is 1.68. The van der Waals surface area contributed by atoms with Crippen LogP contribution in [-0.4, -0.2) is 27.3 Å². The van der Waals surface area contributed by atoms with Crippen LogP contribution in [0.5, 0.6) is 0 Å². The third-order valence-electron chi connectivity index (χ3n) is 4.90. The highest BCUT2D eigenvalue weighted by Gasteiger charge is 2.36. The molecule has 7 nitrogen and oxygen atoms in total. The van der Waals surface area contributed by atoms with Gasteiger partial charge in [-0.2, -0.15) is 10.2 Å². The largest absolute Gasteiger partial charge is 0.287 e. The second-order valence-electron chi connectivity index (χ2n) is 6.91. The number of hydrogen-bond donors (Lipinski definition) is 2. The lowest BCUT2D eigenvalue weighted by atomic mass is 9.99. The zero-order valence-corrected chi connectivity index (χ0v) is 16.3. The first-order valence-corrected chi connectivity index (χ1v) is 9.71. The van der Waals surface area contributed by atoms with E-state index in [1.54, 1.807) is 4.68 Å². The fraction of sp³-hybridized carbons (Fsp3) is 0. The molecule has 0 saturated heterocycles. The number of anilines is 1. The quantitative estimate of drug-likeness (QED) is 0.399. The summed E-state index contributed by atoms with van der Waals surface area (Å²) in [6.07, 6.45) is 0. The summed E-state index contributed by atoms with van der Waals surface area (Å²) in [5.74, 6) is -1.10. The molecule has 2 heterocycles. The molecular formula is C24H17N5O2. The number of imide groups is 1. The number of nitrogens with one attached hydrogen (secondary N) is 2. The van der Waals surface area contributed by atoms with E-state index in [1.807, 2.05) is 91.0 Å². The van der Waals surface area contributed by atoms with Crippen LogP contribution in [0.15, 0.2) is 96.1 Å². The van der Waals surface area contributed by atoms with E-state index in [9.17, 15) is 9.59 Å². The summed E-state index contributed by atoms with van der Waals surface area (Å²) in [5, 5.41) is 11.3. The van der Waals surface area contributed by atoms with Gasteiger partial charge in [-0.1, -0.05) is 66.7 Å². The number of carbonyl (C=O) groups is 2. The minimum Gasteiger partial charge on any atom is -0.287 e. The van der Waals surface area contributed by atoms with E-state index in [0.29, 0.717) is 16.9 Å². The number of carbonyl (C=O) groups excluding carboxylic acids is 2. The smallest absolute Gasteiger partial charge is 0.280 e. The van der Waals surface area contributed by atoms with E-state index < -0.39 is 11.8 Å². The van der Waals surface area contributed by atoms with Crippen LogP contribution in [0, 0.1) is 0 Å². The van der Waals surface area contributed by atoms with Gasteiger partial charge in [-0.25, -0.2) is 4.68 Å². The molecule has 0 bridgehead atoms. The summed E-state index contributed by atoms with van der Waals surface area (Å²) in [7, 11) is 0. The maximum Gasteiger partial charge on any atom is 0.280 e. The molecule has 3 aromatic carbocycles. The molecule has 150 valence electrons. The third kappa shape index (κ3) is 3.38. The predicted molar refractivity (Wildman–Crippen MR) is 118 cm³/mol. The van der Waals surface area contributed by atoms with Crippen LogP contribution in [0.25, 0.3) is 16.9 Å². The van der Waals surface area contributed by atoms with E-state index in [4.69, 9.17) is 0 Å². The molecule has 31 heavy (non-hydrogen) atoms. The highest BCUT2D eigenvalue weighted by Crippen LogP contribution is 2.31. The maximum absolute atomic E-state index is 12.9. The summed E-state index contributed by atoms with van der Waals surface area (Å²) in [6, 6.07) is 28.2. The number of para-hydroxylation sites is 2. The Labute approximate surface area is 178 Å². The molecule has 1 aromatic heterocycles. The second-order valence-corrected chi connectivity index (χ2v) is 6.91. The van der Waals surface area contributed by atoms with Crippen LogP contribution in [0.4, 0.5) is 5.69 Å². The van der Waals surface area contributed by atoms with Crippen molar-refractivity contribution >= 4 is 23.2 Å². The summed E-state index contributed by atoms with van der Waals surface area (Å²) in [4.78, 5) is 25.5. The molecule has 0 aliphatic carbocycles. The van der Waals surface area contributed by atoms with E-state index >= 15 is 0 Å². The molecule has 0 spiro atoms. The number of aromatic nitrogens is 2. The summed E-state index contributed by atoms with van der Waals surface area (Å²) >= 11 is 0. The SMILES string of the molecule is O=C1NC(=O)c2c(nn(-c3ccccc3)c2-c2ccccc2)/C1=N\Nc1ccccc1. The van der Waals surface area contributed by atoms with Crippen LogP contribution in [0.1, 0.15) is 16.1 Å². The van der Waals surface area contributed by atoms with Crippen molar-refractivity contribution in [2.75, 3.05) is 5.43 Å². The molecule has 4 aromatic rings. The van der Waals surface area contributed by atoms with E-state index in [-0.39, 0.29) is 11.4 Å². The number of benzene rings is 3. The van der Waals surface area contributed by atoms with Crippen LogP contribution in [-0.2, 0) is 4.79 Å². The topological polar surface area (TPSA) is 88.4 Å². The van der Waals surface area contributed by atoms with Crippen molar-refractivity contribution in [3.05, 3.63) is 102 Å². The monoisotopic (exact) mass is 407 g/mol. The Morgan fingerprint density at radius 3 is 2.06 bits per heavy atom. The Kier molecular flexibility index (Phi) is 4.61. The molecular weight excluding hydrogens is 390 g/mol. The predicted octanol–water partition coefficient (Wildman–Crippen LogP) is 3.63. The minimum atomic E-state index is -0.599. The van der Waals surface area contributed by atoms with Crippen LogP contribution >= 0.6 is 0 Å². The fourth-order valence-corrected chi connectivity index (χ4v) is 3.49. The first kappa shape index (κ1) is 18.5. The average Bonchev–Trinajstić information content (AvgIpc) is 3.22. The minimum absolute atomic E-state index is 0.0466. The summed E-state index contributed by atoms with van der Waals surface area (Å²) in [6.45, 7) is 0. The first-order chi connectivity index (χ1) is 15.2. The lowest BCUT2D eigenvalue weighted by molar-refractivity contribution is -0.114. The van der Waals surface area contributed by atoms with Gasteiger partial charge in [0, 0.05) is 5.56 Å². The van der Waals surface area contributed by atoms with Crippen molar-refractivity contribution in [2.24, 2.45) is 5.10 Å². The Balaban J connectivity index is 1.72. The van der Waals surface area contributed by atoms with Crippen molar-refractivity contribution in [3.8, 4) is 16.9 Å². The van der Waals surface area contributed by atoms with Crippen molar-refractivity contribution in [3.63, 3.8) is 0 Å². The molecule has 7 heteroatoms. The van der Waals surface area contributed by atoms with Crippen molar-refractivity contribution < 1.29 is 9.59 Å². The van der Waals surface area contributed by atoms with Gasteiger partial charge in [-0.05, 0) is 24.3 Å². The van der Waals surface area contributed by atoms with E-state index in [1.165, 1.54) is 0 Å². The van der Waals surface area contributed by atoms with Gasteiger partial charge in [0.25, 0.3) is 11.8 Å². The molecule has 0 unspecified atom stereocenters. The summed E-state index contributed by atoms with van der Waals surface area (Å²) in [5.41, 5.74) is 6.35. The highest BCUT2D eigenvalue weighted by atomic mass is 16.2. The maximum atomic E-state index is 12.9. The number of nitrogens with zero attached hydrogens (tertiary/aromatic N) is 3. The fourth-order valence-electron chi connectivity index (χ4n) is 3.49. The molecule has 1 aliphatic rings. The molecule has 5 rings (SSSR count). The Bertz CT molecular complexity index is 1300. The van der Waals surface area contributed by atoms with Gasteiger partial charge in [0.15, 0.2) is 5.71 Å². The third-order valence-corrected chi connectivity index (χ3v) is 4.90. The first-order valence-electron chi connectivity index (χ1n) is 9.71. The molecule has 0 fully saturated rings. The van der Waals surface area contributed by atoms with Crippen molar-refractivity contribution in [1.29, 1.82) is 0 Å². The Morgan fingerprint density at radius 2 is 1.39 bits per heavy atom. The van der Waals surface area contributed by atoms with Crippen molar-refractivity contribution in [1.82, 2.24) is 15.1 Å². The number of amides is 2. The molecule has 0 atom stereocenters. The van der Waals surface area contributed by atoms with Crippen LogP contribution in [0.2, 0.25) is 0 Å². The van der Waals surface area contributed by atoms with Gasteiger partial charge in [0.05, 0.1) is 22.6 Å². The normalized spacial score (nSPS) is 14.3. The Morgan fingerprint density at radius 1 is 0.774 bits per heavy atom. The second kappa shape index (κ2) is 7.72. The highest BCUT2D eigenvalue weighted by molar-refractivity contribution is 6.51. The molecule has 1 aliphatic heterocycles. The van der Waals surface area contributed by atoms with Crippen LogP contribution in [0.3, 0.4) is 0 Å². The van der Waals surface area contributed by atoms with Gasteiger partial charge in [0.1, 0.15) is 5.69 Å². The lowest BCUT2D eigenvalue weighted by Crippen LogP contribution is -2.42. The number of hydrogen-bond acceptors (Lipinski definition) is 5. The molecule has 2 N–H and O–H groups in total. The van der Waals surface area contributed by atoms with Gasteiger partial charge in [-0.15, -0.1) is 0 Å². The van der Waals surface area contributed by atoms with Gasteiger partial charge in [0.2, 0.25) is 0 Å².